The van der Waals surface area contributed by atoms with Gasteiger partial charge in [0.05, 0.1) is 17.8 Å². The molecule has 7 heteroatoms. The van der Waals surface area contributed by atoms with E-state index in [0.717, 1.165) is 25.7 Å². The van der Waals surface area contributed by atoms with Crippen molar-refractivity contribution in [2.24, 2.45) is 11.8 Å². The molecule has 1 N–H and O–H groups in total. The molecule has 6 nitrogen and oxygen atoms in total. The van der Waals surface area contributed by atoms with Crippen LogP contribution in [-0.2, 0) is 16.1 Å². The molecule has 1 aromatic rings. The van der Waals surface area contributed by atoms with E-state index in [-0.39, 0.29) is 17.7 Å². The summed E-state index contributed by atoms with van der Waals surface area (Å²) in [5.41, 5.74) is 0. The highest BCUT2D eigenvalue weighted by Crippen LogP contribution is 2.28. The van der Waals surface area contributed by atoms with Crippen molar-refractivity contribution >= 4 is 23.4 Å². The molecular weight excluding hydrogens is 328 g/mol. The standard InChI is InChI=1S/C17H25ClN4O2/c18-15-11-20-22(12-15)10-7-19-16(23)13-5-8-21(9-6-13)17(24)14-3-1-2-4-14/h11-14H,1-10H2,(H,19,23). The number of aromatic nitrogens is 2. The monoisotopic (exact) mass is 352 g/mol. The molecule has 2 amide bonds. The minimum atomic E-state index is 0.0128. The Balaban J connectivity index is 1.37. The normalized spacial score (nSPS) is 19.6. The van der Waals surface area contributed by atoms with Crippen molar-refractivity contribution in [2.45, 2.75) is 45.1 Å². The van der Waals surface area contributed by atoms with E-state index in [2.05, 4.69) is 10.4 Å². The van der Waals surface area contributed by atoms with E-state index in [1.54, 1.807) is 17.1 Å². The predicted molar refractivity (Wildman–Crippen MR) is 91.5 cm³/mol. The van der Waals surface area contributed by atoms with Crippen LogP contribution in [-0.4, -0.2) is 46.1 Å². The van der Waals surface area contributed by atoms with Crippen molar-refractivity contribution < 1.29 is 9.59 Å². The second-order valence-corrected chi connectivity index (χ2v) is 7.23. The van der Waals surface area contributed by atoms with Gasteiger partial charge >= 0.3 is 0 Å². The molecule has 0 unspecified atom stereocenters. The first-order valence-electron chi connectivity index (χ1n) is 8.88. The van der Waals surface area contributed by atoms with Gasteiger partial charge in [0.2, 0.25) is 11.8 Å². The van der Waals surface area contributed by atoms with Crippen LogP contribution in [0.3, 0.4) is 0 Å². The maximum absolute atomic E-state index is 12.4. The van der Waals surface area contributed by atoms with E-state index in [9.17, 15) is 9.59 Å². The van der Waals surface area contributed by atoms with Gasteiger partial charge in [-0.25, -0.2) is 0 Å². The number of halogens is 1. The summed E-state index contributed by atoms with van der Waals surface area (Å²) in [6.45, 7) is 2.57. The summed E-state index contributed by atoms with van der Waals surface area (Å²) in [4.78, 5) is 26.6. The van der Waals surface area contributed by atoms with Crippen LogP contribution in [0, 0.1) is 11.8 Å². The average molecular weight is 353 g/mol. The summed E-state index contributed by atoms with van der Waals surface area (Å²) in [6.07, 6.45) is 9.28. The average Bonchev–Trinajstić information content (AvgIpc) is 3.26. The number of piperidine rings is 1. The lowest BCUT2D eigenvalue weighted by molar-refractivity contribution is -0.139. The Morgan fingerprint density at radius 2 is 1.88 bits per heavy atom. The maximum Gasteiger partial charge on any atom is 0.225 e. The highest BCUT2D eigenvalue weighted by Gasteiger charge is 2.31. The molecule has 2 aliphatic rings. The molecule has 3 rings (SSSR count). The third-order valence-corrected chi connectivity index (χ3v) is 5.32. The highest BCUT2D eigenvalue weighted by atomic mass is 35.5. The van der Waals surface area contributed by atoms with Crippen molar-refractivity contribution in [3.05, 3.63) is 17.4 Å². The van der Waals surface area contributed by atoms with Crippen molar-refractivity contribution in [1.29, 1.82) is 0 Å². The number of nitrogens with one attached hydrogen (secondary N) is 1. The zero-order chi connectivity index (χ0) is 16.9. The number of hydrogen-bond donors (Lipinski definition) is 1. The summed E-state index contributed by atoms with van der Waals surface area (Å²) < 4.78 is 1.71. The SMILES string of the molecule is O=C(NCCn1cc(Cl)cn1)C1CCN(C(=O)C2CCCC2)CC1. The Labute approximate surface area is 147 Å². The molecule has 0 aromatic carbocycles. The molecule has 24 heavy (non-hydrogen) atoms. The van der Waals surface area contributed by atoms with E-state index >= 15 is 0 Å². The number of nitrogens with zero attached hydrogens (tertiary/aromatic N) is 3. The molecule has 132 valence electrons. The van der Waals surface area contributed by atoms with Crippen molar-refractivity contribution in [2.75, 3.05) is 19.6 Å². The van der Waals surface area contributed by atoms with Crippen LogP contribution in [0.4, 0.5) is 0 Å². The zero-order valence-corrected chi connectivity index (χ0v) is 14.7. The maximum atomic E-state index is 12.4. The van der Waals surface area contributed by atoms with Crippen LogP contribution in [0.5, 0.6) is 0 Å². The first-order valence-corrected chi connectivity index (χ1v) is 9.26. The van der Waals surface area contributed by atoms with Gasteiger partial charge in [0.25, 0.3) is 0 Å². The van der Waals surface area contributed by atoms with Crippen molar-refractivity contribution in [1.82, 2.24) is 20.0 Å². The van der Waals surface area contributed by atoms with Crippen LogP contribution in [0.1, 0.15) is 38.5 Å². The van der Waals surface area contributed by atoms with Crippen LogP contribution in [0.25, 0.3) is 0 Å². The largest absolute Gasteiger partial charge is 0.354 e. The van der Waals surface area contributed by atoms with Gasteiger partial charge in [-0.1, -0.05) is 24.4 Å². The fourth-order valence-electron chi connectivity index (χ4n) is 3.69. The first kappa shape index (κ1) is 17.3. The Bertz CT molecular complexity index is 575. The number of hydrogen-bond acceptors (Lipinski definition) is 3. The Kier molecular flexibility index (Phi) is 5.76. The molecule has 0 spiro atoms. The van der Waals surface area contributed by atoms with E-state index in [1.807, 2.05) is 4.90 Å². The fourth-order valence-corrected chi connectivity index (χ4v) is 3.85. The summed E-state index contributed by atoms with van der Waals surface area (Å²) >= 11 is 5.81. The van der Waals surface area contributed by atoms with Gasteiger partial charge in [-0.3, -0.25) is 14.3 Å². The van der Waals surface area contributed by atoms with Gasteiger partial charge in [0.1, 0.15) is 0 Å². The predicted octanol–water partition coefficient (Wildman–Crippen LogP) is 2.08. The van der Waals surface area contributed by atoms with E-state index < -0.39 is 0 Å². The van der Waals surface area contributed by atoms with Gasteiger partial charge in [0, 0.05) is 37.7 Å². The molecule has 0 bridgehead atoms. The molecule has 1 aliphatic heterocycles. The van der Waals surface area contributed by atoms with Gasteiger partial charge < -0.3 is 10.2 Å². The smallest absolute Gasteiger partial charge is 0.225 e. The second-order valence-electron chi connectivity index (χ2n) is 6.79. The molecule has 2 heterocycles. The molecule has 0 atom stereocenters. The summed E-state index contributed by atoms with van der Waals surface area (Å²) in [5.74, 6) is 0.637. The molecular formula is C17H25ClN4O2. The highest BCUT2D eigenvalue weighted by molar-refractivity contribution is 6.30. The summed E-state index contributed by atoms with van der Waals surface area (Å²) in [7, 11) is 0. The van der Waals surface area contributed by atoms with Gasteiger partial charge in [-0.15, -0.1) is 0 Å². The Morgan fingerprint density at radius 3 is 2.50 bits per heavy atom. The lowest BCUT2D eigenvalue weighted by Gasteiger charge is -2.33. The van der Waals surface area contributed by atoms with Gasteiger partial charge in [0.15, 0.2) is 0 Å². The lowest BCUT2D eigenvalue weighted by Crippen LogP contribution is -2.45. The second kappa shape index (κ2) is 8.01. The molecule has 1 aliphatic carbocycles. The van der Waals surface area contributed by atoms with Crippen LogP contribution in [0.2, 0.25) is 5.02 Å². The number of amides is 2. The van der Waals surface area contributed by atoms with E-state index in [4.69, 9.17) is 11.6 Å². The van der Waals surface area contributed by atoms with Crippen LogP contribution >= 0.6 is 11.6 Å². The Hall–Kier alpha value is -1.56. The minimum Gasteiger partial charge on any atom is -0.354 e. The van der Waals surface area contributed by atoms with Crippen LogP contribution in [0.15, 0.2) is 12.4 Å². The van der Waals surface area contributed by atoms with Crippen molar-refractivity contribution in [3.8, 4) is 0 Å². The van der Waals surface area contributed by atoms with Crippen molar-refractivity contribution in [3.63, 3.8) is 0 Å². The van der Waals surface area contributed by atoms with Gasteiger partial charge in [-0.05, 0) is 25.7 Å². The number of carbonyl (C=O) groups is 2. The third-order valence-electron chi connectivity index (χ3n) is 5.12. The van der Waals surface area contributed by atoms with Gasteiger partial charge in [-0.2, -0.15) is 5.10 Å². The van der Waals surface area contributed by atoms with E-state index in [1.165, 1.54) is 12.8 Å². The molecule has 2 fully saturated rings. The number of likely N-dealkylation sites (tertiary alicyclic amines) is 1. The molecule has 0 radical (unpaired) electrons. The summed E-state index contributed by atoms with van der Waals surface area (Å²) in [6, 6.07) is 0. The molecule has 1 saturated heterocycles. The zero-order valence-electron chi connectivity index (χ0n) is 13.9. The Morgan fingerprint density at radius 1 is 1.17 bits per heavy atom. The third kappa shape index (κ3) is 4.29. The number of rotatable bonds is 5. The minimum absolute atomic E-state index is 0.0128. The van der Waals surface area contributed by atoms with Crippen LogP contribution < -0.4 is 5.32 Å². The van der Waals surface area contributed by atoms with E-state index in [0.29, 0.717) is 37.1 Å². The quantitative estimate of drug-likeness (QED) is 0.882. The molecule has 1 saturated carbocycles. The topological polar surface area (TPSA) is 67.2 Å². The molecule has 1 aromatic heterocycles. The summed E-state index contributed by atoms with van der Waals surface area (Å²) in [5, 5.41) is 7.64. The first-order chi connectivity index (χ1) is 11.6. The fraction of sp³-hybridized carbons (Fsp3) is 0.706. The number of carbonyl (C=O) groups excluding carboxylic acids is 2. The lowest BCUT2D eigenvalue weighted by atomic mass is 9.94.